The molecule has 0 spiro atoms. The molecule has 0 aliphatic carbocycles. The summed E-state index contributed by atoms with van der Waals surface area (Å²) in [5.74, 6) is -0.413. The van der Waals surface area contributed by atoms with Crippen LogP contribution in [0.25, 0.3) is 0 Å². The van der Waals surface area contributed by atoms with Crippen LogP contribution in [0.3, 0.4) is 0 Å². The van der Waals surface area contributed by atoms with Crippen LogP contribution in [0.5, 0.6) is 11.5 Å². The molecule has 5 nitrogen and oxygen atoms in total. The van der Waals surface area contributed by atoms with Crippen molar-refractivity contribution in [3.05, 3.63) is 59.7 Å². The number of para-hydroxylation sites is 1. The molecule has 2 rings (SSSR count). The number of hydrazone groups is 1. The van der Waals surface area contributed by atoms with Gasteiger partial charge in [-0.15, -0.1) is 0 Å². The fourth-order valence-corrected chi connectivity index (χ4v) is 1.63. The normalized spacial score (nSPS) is 11.2. The van der Waals surface area contributed by atoms with Gasteiger partial charge in [-0.05, 0) is 48.9 Å². The van der Waals surface area contributed by atoms with Gasteiger partial charge in [0.1, 0.15) is 11.5 Å². The van der Waals surface area contributed by atoms with Crippen molar-refractivity contribution in [3.8, 4) is 11.5 Å². The molecule has 0 aliphatic heterocycles. The van der Waals surface area contributed by atoms with Gasteiger partial charge in [-0.1, -0.05) is 12.1 Å². The molecule has 3 N–H and O–H groups in total. The van der Waals surface area contributed by atoms with Crippen molar-refractivity contribution in [2.45, 2.75) is 6.92 Å². The van der Waals surface area contributed by atoms with Crippen LogP contribution in [-0.2, 0) is 0 Å². The molecular formula is C15H14N2O3. The summed E-state index contributed by atoms with van der Waals surface area (Å²) in [5, 5.41) is 22.7. The van der Waals surface area contributed by atoms with Crippen LogP contribution in [-0.4, -0.2) is 21.8 Å². The van der Waals surface area contributed by atoms with Crippen LogP contribution in [0.15, 0.2) is 53.6 Å². The van der Waals surface area contributed by atoms with E-state index in [4.69, 9.17) is 0 Å². The average molecular weight is 270 g/mol. The van der Waals surface area contributed by atoms with Crippen molar-refractivity contribution in [1.29, 1.82) is 0 Å². The minimum atomic E-state index is -0.485. The number of hydrogen-bond donors (Lipinski definition) is 3. The molecule has 0 saturated heterocycles. The smallest absolute Gasteiger partial charge is 0.275 e. The highest BCUT2D eigenvalue weighted by Crippen LogP contribution is 2.15. The van der Waals surface area contributed by atoms with E-state index in [1.165, 1.54) is 12.1 Å². The summed E-state index contributed by atoms with van der Waals surface area (Å²) in [6.45, 7) is 1.73. The Balaban J connectivity index is 2.11. The minimum absolute atomic E-state index is 0.0949. The molecule has 0 heterocycles. The second kappa shape index (κ2) is 5.88. The number of carbonyl (C=O) groups is 1. The molecule has 0 unspecified atom stereocenters. The third-order valence-corrected chi connectivity index (χ3v) is 2.76. The Morgan fingerprint density at radius 3 is 2.35 bits per heavy atom. The first-order valence-electron chi connectivity index (χ1n) is 6.00. The summed E-state index contributed by atoms with van der Waals surface area (Å²) in [5.41, 5.74) is 3.91. The zero-order chi connectivity index (χ0) is 14.5. The Bertz CT molecular complexity index is 648. The number of benzene rings is 2. The Labute approximate surface area is 116 Å². The summed E-state index contributed by atoms with van der Waals surface area (Å²) in [7, 11) is 0. The number of nitrogens with zero attached hydrogens (tertiary/aromatic N) is 1. The van der Waals surface area contributed by atoms with Gasteiger partial charge in [0.05, 0.1) is 11.3 Å². The monoisotopic (exact) mass is 270 g/mol. The largest absolute Gasteiger partial charge is 0.508 e. The lowest BCUT2D eigenvalue weighted by Gasteiger charge is -2.04. The van der Waals surface area contributed by atoms with Crippen LogP contribution < -0.4 is 5.43 Å². The lowest BCUT2D eigenvalue weighted by molar-refractivity contribution is 0.0952. The second-order valence-electron chi connectivity index (χ2n) is 4.20. The number of amides is 1. The van der Waals surface area contributed by atoms with Crippen LogP contribution in [0.1, 0.15) is 22.8 Å². The highest BCUT2D eigenvalue weighted by atomic mass is 16.3. The molecule has 0 bridgehead atoms. The van der Waals surface area contributed by atoms with Crippen molar-refractivity contribution < 1.29 is 15.0 Å². The van der Waals surface area contributed by atoms with Gasteiger partial charge in [0, 0.05) is 0 Å². The zero-order valence-corrected chi connectivity index (χ0v) is 10.9. The molecule has 0 saturated carbocycles. The quantitative estimate of drug-likeness (QED) is 0.591. The number of phenolic OH excluding ortho intramolecular Hbond substituents is 2. The van der Waals surface area contributed by atoms with E-state index in [2.05, 4.69) is 10.5 Å². The highest BCUT2D eigenvalue weighted by molar-refractivity contribution is 6.01. The maximum absolute atomic E-state index is 11.8. The summed E-state index contributed by atoms with van der Waals surface area (Å²) in [6, 6.07) is 12.7. The first-order valence-corrected chi connectivity index (χ1v) is 6.00. The third kappa shape index (κ3) is 3.14. The van der Waals surface area contributed by atoms with Crippen molar-refractivity contribution >= 4 is 11.6 Å². The van der Waals surface area contributed by atoms with E-state index in [1.54, 1.807) is 43.3 Å². The molecule has 2 aromatic rings. The van der Waals surface area contributed by atoms with E-state index < -0.39 is 5.91 Å². The first-order chi connectivity index (χ1) is 9.58. The summed E-state index contributed by atoms with van der Waals surface area (Å²) in [4.78, 5) is 11.8. The van der Waals surface area contributed by atoms with E-state index in [1.807, 2.05) is 0 Å². The van der Waals surface area contributed by atoms with Gasteiger partial charge in [0.25, 0.3) is 5.91 Å². The standard InChI is InChI=1S/C15H14N2O3/c1-10(11-6-8-12(18)9-7-11)16-17-15(20)13-4-2-3-5-14(13)19/h2-9,18-19H,1H3,(H,17,20)/b16-10-. The molecule has 20 heavy (non-hydrogen) atoms. The summed E-state index contributed by atoms with van der Waals surface area (Å²) < 4.78 is 0. The van der Waals surface area contributed by atoms with E-state index in [0.29, 0.717) is 5.71 Å². The molecule has 102 valence electrons. The van der Waals surface area contributed by atoms with E-state index in [9.17, 15) is 15.0 Å². The van der Waals surface area contributed by atoms with E-state index in [0.717, 1.165) is 5.56 Å². The van der Waals surface area contributed by atoms with Gasteiger partial charge in [-0.3, -0.25) is 4.79 Å². The number of rotatable bonds is 3. The van der Waals surface area contributed by atoms with Gasteiger partial charge < -0.3 is 10.2 Å². The van der Waals surface area contributed by atoms with Crippen molar-refractivity contribution in [2.75, 3.05) is 0 Å². The lowest BCUT2D eigenvalue weighted by Crippen LogP contribution is -2.19. The van der Waals surface area contributed by atoms with E-state index >= 15 is 0 Å². The van der Waals surface area contributed by atoms with Gasteiger partial charge in [0.15, 0.2) is 0 Å². The third-order valence-electron chi connectivity index (χ3n) is 2.76. The van der Waals surface area contributed by atoms with Crippen LogP contribution in [0, 0.1) is 0 Å². The number of hydrogen-bond acceptors (Lipinski definition) is 4. The maximum atomic E-state index is 11.8. The van der Waals surface area contributed by atoms with Crippen molar-refractivity contribution in [2.24, 2.45) is 5.10 Å². The fourth-order valence-electron chi connectivity index (χ4n) is 1.63. The molecule has 5 heteroatoms. The van der Waals surface area contributed by atoms with Gasteiger partial charge in [-0.2, -0.15) is 5.10 Å². The molecule has 0 aliphatic rings. The molecule has 0 atom stereocenters. The summed E-state index contributed by atoms with van der Waals surface area (Å²) in [6.07, 6.45) is 0. The molecule has 1 amide bonds. The predicted molar refractivity (Wildman–Crippen MR) is 75.9 cm³/mol. The molecule has 0 radical (unpaired) electrons. The van der Waals surface area contributed by atoms with Crippen LogP contribution in [0.4, 0.5) is 0 Å². The molecule has 0 fully saturated rings. The Morgan fingerprint density at radius 1 is 1.05 bits per heavy atom. The fraction of sp³-hybridized carbons (Fsp3) is 0.0667. The zero-order valence-electron chi connectivity index (χ0n) is 10.9. The van der Waals surface area contributed by atoms with Gasteiger partial charge in [-0.25, -0.2) is 5.43 Å². The van der Waals surface area contributed by atoms with Crippen molar-refractivity contribution in [3.63, 3.8) is 0 Å². The van der Waals surface area contributed by atoms with Crippen LogP contribution in [0.2, 0.25) is 0 Å². The van der Waals surface area contributed by atoms with Crippen LogP contribution >= 0.6 is 0 Å². The molecule has 2 aromatic carbocycles. The Hall–Kier alpha value is -2.82. The average Bonchev–Trinajstić information content (AvgIpc) is 2.45. The lowest BCUT2D eigenvalue weighted by atomic mass is 10.1. The van der Waals surface area contributed by atoms with Gasteiger partial charge >= 0.3 is 0 Å². The second-order valence-corrected chi connectivity index (χ2v) is 4.20. The molecule has 0 aromatic heterocycles. The predicted octanol–water partition coefficient (Wildman–Crippen LogP) is 2.25. The highest BCUT2D eigenvalue weighted by Gasteiger charge is 2.09. The number of aromatic hydroxyl groups is 2. The number of nitrogens with one attached hydrogen (secondary N) is 1. The Kier molecular flexibility index (Phi) is 4.00. The first kappa shape index (κ1) is 13.6. The number of carbonyl (C=O) groups excluding carboxylic acids is 1. The van der Waals surface area contributed by atoms with Gasteiger partial charge in [0.2, 0.25) is 0 Å². The maximum Gasteiger partial charge on any atom is 0.275 e. The Morgan fingerprint density at radius 2 is 1.70 bits per heavy atom. The molecular weight excluding hydrogens is 256 g/mol. The SMILES string of the molecule is C/C(=N/NC(=O)c1ccccc1O)c1ccc(O)cc1. The summed E-state index contributed by atoms with van der Waals surface area (Å²) >= 11 is 0. The minimum Gasteiger partial charge on any atom is -0.508 e. The number of phenols is 2. The van der Waals surface area contributed by atoms with Crippen molar-refractivity contribution in [1.82, 2.24) is 5.43 Å². The van der Waals surface area contributed by atoms with E-state index in [-0.39, 0.29) is 17.1 Å². The topological polar surface area (TPSA) is 81.9 Å².